The monoisotopic (exact) mass is 1060 g/mol. The predicted octanol–water partition coefficient (Wildman–Crippen LogP) is 3.74. The van der Waals surface area contributed by atoms with Gasteiger partial charge in [0.1, 0.15) is 36.3 Å². The molecule has 64 heavy (non-hydrogen) atoms. The lowest BCUT2D eigenvalue weighted by molar-refractivity contribution is -0.137. The second kappa shape index (κ2) is 26.5. The summed E-state index contributed by atoms with van der Waals surface area (Å²) in [6.45, 7) is 2.73. The molecule has 3 rings (SSSR count). The van der Waals surface area contributed by atoms with Crippen LogP contribution in [-0.4, -0.2) is 128 Å². The minimum absolute atomic E-state index is 0.0119. The number of hydrogen-bond donors (Lipinski definition) is 9. The van der Waals surface area contributed by atoms with Crippen LogP contribution >= 0.6 is 51.2 Å². The molecular formula is C35H61BrN7O17P3S. The Bertz CT molecular complexity index is 1970. The van der Waals surface area contributed by atoms with Crippen LogP contribution in [0.3, 0.4) is 0 Å². The number of imidazole rings is 1. The molecule has 3 heterocycles. The molecule has 1 aliphatic rings. The summed E-state index contributed by atoms with van der Waals surface area (Å²) in [4.78, 5) is 88.3. The van der Waals surface area contributed by atoms with Gasteiger partial charge in [0, 0.05) is 30.7 Å². The third kappa shape index (κ3) is 19.3. The third-order valence-electron chi connectivity index (χ3n) is 9.81. The number of carbonyl (C=O) groups excluding carboxylic acids is 3. The van der Waals surface area contributed by atoms with Crippen molar-refractivity contribution < 1.29 is 80.5 Å². The molecule has 0 radical (unpaired) electrons. The van der Waals surface area contributed by atoms with Gasteiger partial charge in [0.25, 0.3) is 0 Å². The van der Waals surface area contributed by atoms with Crippen LogP contribution in [-0.2, 0) is 50.7 Å². The van der Waals surface area contributed by atoms with Crippen LogP contribution in [0.4, 0.5) is 5.82 Å². The standard InChI is InChI=1S/C35H61BrN7O17P3S/c1-4-5-6-7-8-9-10-11-12-13-14-23(36)34(48)64-18-17-38-25(44)15-16-39-32(47)29(46)35(2,3)20-57-63(54,55)60-62(52,53)56-19-24-28(59-61(49,50)51)27(45)33(58-24)43-22-42-26-30(37)40-21-41-31(26)43/h21-24,27-29,33,45-46H,4-20H2,1-3H3,(H,38,44)(H,39,47)(H,52,53)(H,54,55)(H2,37,40,41)(H2,49,50,51)/t23?,24?,27?,28?,29-,33?/m1/s1. The second-order valence-corrected chi connectivity index (χ2v) is 22.1. The van der Waals surface area contributed by atoms with Crippen molar-refractivity contribution in [3.8, 4) is 0 Å². The zero-order valence-corrected chi connectivity index (χ0v) is 40.9. The number of thioether (sulfide) groups is 1. The van der Waals surface area contributed by atoms with E-state index in [1.165, 1.54) is 58.8 Å². The Morgan fingerprint density at radius 2 is 1.58 bits per heavy atom. The summed E-state index contributed by atoms with van der Waals surface area (Å²) in [5, 5.41) is 26.6. The van der Waals surface area contributed by atoms with Crippen molar-refractivity contribution in [3.63, 3.8) is 0 Å². The molecule has 0 aliphatic carbocycles. The maximum Gasteiger partial charge on any atom is 0.481 e. The Balaban J connectivity index is 1.36. The van der Waals surface area contributed by atoms with E-state index in [0.29, 0.717) is 5.75 Å². The lowest BCUT2D eigenvalue weighted by Crippen LogP contribution is -2.46. The van der Waals surface area contributed by atoms with Crippen LogP contribution in [0.2, 0.25) is 0 Å². The molecule has 1 saturated heterocycles. The molecule has 1 aliphatic heterocycles. The van der Waals surface area contributed by atoms with Crippen molar-refractivity contribution in [2.24, 2.45) is 5.41 Å². The van der Waals surface area contributed by atoms with E-state index in [2.05, 4.69) is 57.3 Å². The minimum Gasteiger partial charge on any atom is -0.386 e. The highest BCUT2D eigenvalue weighted by atomic mass is 79.9. The molecule has 0 aromatic carbocycles. The quantitative estimate of drug-likeness (QED) is 0.0295. The van der Waals surface area contributed by atoms with Crippen LogP contribution in [0.1, 0.15) is 104 Å². The number of hydrogen-bond acceptors (Lipinski definition) is 18. The van der Waals surface area contributed by atoms with Crippen molar-refractivity contribution in [1.29, 1.82) is 0 Å². The number of nitrogens with two attached hydrogens (primary N) is 1. The van der Waals surface area contributed by atoms with E-state index in [1.54, 1.807) is 0 Å². The number of amides is 2. The van der Waals surface area contributed by atoms with Gasteiger partial charge in [-0.25, -0.2) is 28.6 Å². The van der Waals surface area contributed by atoms with Gasteiger partial charge in [-0.05, 0) is 6.42 Å². The van der Waals surface area contributed by atoms with E-state index in [0.717, 1.165) is 54.7 Å². The summed E-state index contributed by atoms with van der Waals surface area (Å²) in [7, 11) is -16.4. The smallest absolute Gasteiger partial charge is 0.386 e. The van der Waals surface area contributed by atoms with Gasteiger partial charge in [-0.1, -0.05) is 113 Å². The van der Waals surface area contributed by atoms with Gasteiger partial charge in [-0.3, -0.25) is 32.5 Å². The highest BCUT2D eigenvalue weighted by Crippen LogP contribution is 2.61. The number of nitrogens with zero attached hydrogens (tertiary/aromatic N) is 4. The van der Waals surface area contributed by atoms with E-state index in [-0.39, 0.29) is 46.4 Å². The summed E-state index contributed by atoms with van der Waals surface area (Å²) in [6, 6.07) is 0. The number of rotatable bonds is 31. The Morgan fingerprint density at radius 1 is 0.953 bits per heavy atom. The Morgan fingerprint density at radius 3 is 2.22 bits per heavy atom. The molecule has 366 valence electrons. The lowest BCUT2D eigenvalue weighted by Gasteiger charge is -2.30. The van der Waals surface area contributed by atoms with Gasteiger partial charge in [0.05, 0.1) is 24.4 Å². The first kappa shape index (κ1) is 56.4. The van der Waals surface area contributed by atoms with E-state index in [9.17, 15) is 57.9 Å². The number of unbranched alkanes of at least 4 members (excludes halogenated alkanes) is 9. The normalized spacial score (nSPS) is 21.0. The fourth-order valence-electron chi connectivity index (χ4n) is 6.30. The predicted molar refractivity (Wildman–Crippen MR) is 236 cm³/mol. The summed E-state index contributed by atoms with van der Waals surface area (Å²) in [5.74, 6) is -1.08. The minimum atomic E-state index is -5.58. The summed E-state index contributed by atoms with van der Waals surface area (Å²) >= 11 is 4.57. The average Bonchev–Trinajstić information content (AvgIpc) is 3.78. The number of aliphatic hydroxyl groups is 2. The largest absolute Gasteiger partial charge is 0.481 e. The van der Waals surface area contributed by atoms with E-state index in [1.807, 2.05) is 0 Å². The van der Waals surface area contributed by atoms with Gasteiger partial charge >= 0.3 is 23.5 Å². The maximum absolute atomic E-state index is 12.7. The first-order valence-corrected chi connectivity index (χ1v) is 27.1. The second-order valence-electron chi connectivity index (χ2n) is 15.7. The van der Waals surface area contributed by atoms with E-state index in [4.69, 9.17) is 19.5 Å². The summed E-state index contributed by atoms with van der Waals surface area (Å²) < 4.78 is 62.4. The van der Waals surface area contributed by atoms with Gasteiger partial charge in [0.2, 0.25) is 16.9 Å². The van der Waals surface area contributed by atoms with E-state index < -0.39 is 84.6 Å². The number of aliphatic hydroxyl groups excluding tert-OH is 2. The number of nitrogen functional groups attached to an aromatic ring is 1. The van der Waals surface area contributed by atoms with Crippen molar-refractivity contribution in [1.82, 2.24) is 30.2 Å². The number of alkyl halides is 1. The average molecular weight is 1060 g/mol. The number of aromatic nitrogens is 4. The molecule has 0 spiro atoms. The van der Waals surface area contributed by atoms with E-state index >= 15 is 0 Å². The highest BCUT2D eigenvalue weighted by Gasteiger charge is 2.50. The molecule has 0 saturated carbocycles. The van der Waals surface area contributed by atoms with Gasteiger partial charge in [0.15, 0.2) is 17.7 Å². The number of carbonyl (C=O) groups is 3. The topological polar surface area (TPSA) is 364 Å². The maximum atomic E-state index is 12.7. The van der Waals surface area contributed by atoms with Gasteiger partial charge < -0.3 is 50.9 Å². The molecule has 7 unspecified atom stereocenters. The molecule has 2 aromatic heterocycles. The first-order chi connectivity index (χ1) is 30.0. The number of anilines is 1. The molecule has 2 aromatic rings. The summed E-state index contributed by atoms with van der Waals surface area (Å²) in [5.41, 5.74) is 4.28. The number of fused-ring (bicyclic) bond motifs is 1. The molecule has 1 fully saturated rings. The van der Waals surface area contributed by atoms with Crippen LogP contribution in [0.25, 0.3) is 11.2 Å². The number of phosphoric acid groups is 3. The third-order valence-corrected chi connectivity index (χ3v) is 15.1. The molecular weight excluding hydrogens is 995 g/mol. The fraction of sp³-hybridized carbons (Fsp3) is 0.771. The van der Waals surface area contributed by atoms with Crippen molar-refractivity contribution >= 4 is 85.1 Å². The molecule has 8 atom stereocenters. The molecule has 0 bridgehead atoms. The fourth-order valence-corrected chi connectivity index (χ4v) is 10.6. The van der Waals surface area contributed by atoms with Crippen molar-refractivity contribution in [2.75, 3.05) is 37.8 Å². The van der Waals surface area contributed by atoms with Gasteiger partial charge in [-0.15, -0.1) is 0 Å². The van der Waals surface area contributed by atoms with Gasteiger partial charge in [-0.2, -0.15) is 4.31 Å². The SMILES string of the molecule is CCCCCCCCCCCCC(Br)C(=O)SCCNC(=O)CCNC(=O)[C@@H](O)C(C)(C)COP(=O)(O)OP(=O)(O)OCC1OC(n2cnc3c(N)ncnc32)C(O)C1OP(=O)(O)O. The molecule has 24 nitrogen and oxygen atoms in total. The number of ether oxygens (including phenoxy) is 1. The van der Waals surface area contributed by atoms with Crippen LogP contribution in [0.15, 0.2) is 12.7 Å². The first-order valence-electron chi connectivity index (χ1n) is 20.7. The van der Waals surface area contributed by atoms with Crippen LogP contribution in [0.5, 0.6) is 0 Å². The molecule has 2 amide bonds. The zero-order valence-electron chi connectivity index (χ0n) is 35.8. The molecule has 29 heteroatoms. The van der Waals surface area contributed by atoms with Crippen molar-refractivity contribution in [3.05, 3.63) is 12.7 Å². The Hall–Kier alpha value is -1.96. The van der Waals surface area contributed by atoms with Crippen LogP contribution < -0.4 is 16.4 Å². The number of nitrogens with one attached hydrogen (secondary N) is 2. The number of phosphoric ester groups is 3. The zero-order chi connectivity index (χ0) is 47.7. The highest BCUT2D eigenvalue weighted by molar-refractivity contribution is 9.10. The number of halogens is 1. The molecule has 10 N–H and O–H groups in total. The van der Waals surface area contributed by atoms with Crippen LogP contribution in [0, 0.1) is 5.41 Å². The summed E-state index contributed by atoms with van der Waals surface area (Å²) in [6.07, 6.45) is 5.93. The Labute approximate surface area is 383 Å². The lowest BCUT2D eigenvalue weighted by atomic mass is 9.87. The van der Waals surface area contributed by atoms with Crippen molar-refractivity contribution in [2.45, 2.75) is 133 Å². The Kier molecular flexibility index (Phi) is 23.4.